The van der Waals surface area contributed by atoms with Gasteiger partial charge in [0, 0.05) is 6.07 Å². The largest absolute Gasteiger partial charge is 0.454 e. The third kappa shape index (κ3) is 3.30. The lowest BCUT2D eigenvalue weighted by molar-refractivity contribution is -0.136. The number of hydrogen-bond acceptors (Lipinski definition) is 7. The molecule has 1 aromatic carbocycles. The van der Waals surface area contributed by atoms with Crippen molar-refractivity contribution in [2.75, 3.05) is 18.7 Å². The predicted octanol–water partition coefficient (Wildman–Crippen LogP) is 0.366. The maximum atomic E-state index is 11.8. The molecule has 0 bridgehead atoms. The number of aliphatic hydroxyl groups is 1. The molecule has 1 aliphatic rings. The van der Waals surface area contributed by atoms with Crippen LogP contribution in [0.25, 0.3) is 0 Å². The molecule has 9 nitrogen and oxygen atoms in total. The lowest BCUT2D eigenvalue weighted by atomic mass is 9.95. The molecule has 0 saturated heterocycles. The molecule has 2 heterocycles. The minimum atomic E-state index is -1.40. The first-order valence-corrected chi connectivity index (χ1v) is 7.08. The number of carbonyl (C=O) groups is 2. The number of carbonyl (C=O) groups excluding carboxylic acids is 2. The quantitative estimate of drug-likeness (QED) is 0.691. The van der Waals surface area contributed by atoms with Gasteiger partial charge in [0.2, 0.25) is 6.79 Å². The summed E-state index contributed by atoms with van der Waals surface area (Å²) in [7, 11) is 0. The highest BCUT2D eigenvalue weighted by atomic mass is 16.7. The van der Waals surface area contributed by atoms with Crippen LogP contribution in [0.15, 0.2) is 35.1 Å². The van der Waals surface area contributed by atoms with Crippen LogP contribution in [0.1, 0.15) is 12.5 Å². The van der Waals surface area contributed by atoms with Crippen molar-refractivity contribution in [3.8, 4) is 11.5 Å². The molecule has 0 spiro atoms. The molecule has 0 aliphatic carbocycles. The van der Waals surface area contributed by atoms with Gasteiger partial charge in [0.1, 0.15) is 11.9 Å². The fourth-order valence-corrected chi connectivity index (χ4v) is 2.12. The van der Waals surface area contributed by atoms with E-state index >= 15 is 0 Å². The van der Waals surface area contributed by atoms with Crippen molar-refractivity contribution in [1.82, 2.24) is 10.5 Å². The molecule has 1 aliphatic heterocycles. The standard InChI is InChI=1S/C15H15N3O6/c1-15(21,9-2-3-10-11(6-9)23-8-22-10)7-16-13(19)14(20)17-12-4-5-24-18-12/h2-6,21H,7-8H2,1H3,(H,16,19)(H,17,18,20). The molecule has 2 amide bonds. The predicted molar refractivity (Wildman–Crippen MR) is 80.3 cm³/mol. The second kappa shape index (κ2) is 6.20. The third-order valence-electron chi connectivity index (χ3n) is 3.47. The summed E-state index contributed by atoms with van der Waals surface area (Å²) < 4.78 is 15.0. The number of hydrogen-bond donors (Lipinski definition) is 3. The van der Waals surface area contributed by atoms with E-state index in [9.17, 15) is 14.7 Å². The molecule has 0 fully saturated rings. The monoisotopic (exact) mass is 333 g/mol. The second-order valence-electron chi connectivity index (χ2n) is 5.36. The van der Waals surface area contributed by atoms with Gasteiger partial charge in [-0.25, -0.2) is 0 Å². The Labute approximate surface area is 136 Å². The van der Waals surface area contributed by atoms with Crippen LogP contribution in [0.3, 0.4) is 0 Å². The smallest absolute Gasteiger partial charge is 0.314 e. The highest BCUT2D eigenvalue weighted by Gasteiger charge is 2.28. The van der Waals surface area contributed by atoms with E-state index in [2.05, 4.69) is 20.3 Å². The lowest BCUT2D eigenvalue weighted by Crippen LogP contribution is -2.43. The van der Waals surface area contributed by atoms with E-state index in [0.29, 0.717) is 17.1 Å². The van der Waals surface area contributed by atoms with E-state index in [4.69, 9.17) is 9.47 Å². The molecule has 0 radical (unpaired) electrons. The first kappa shape index (κ1) is 15.8. The molecular formula is C15H15N3O6. The van der Waals surface area contributed by atoms with Gasteiger partial charge in [0.05, 0.1) is 6.54 Å². The number of ether oxygens (including phenoxy) is 2. The minimum Gasteiger partial charge on any atom is -0.454 e. The highest BCUT2D eigenvalue weighted by Crippen LogP contribution is 2.35. The fourth-order valence-electron chi connectivity index (χ4n) is 2.12. The van der Waals surface area contributed by atoms with Gasteiger partial charge in [-0.1, -0.05) is 11.2 Å². The summed E-state index contributed by atoms with van der Waals surface area (Å²) in [6.07, 6.45) is 1.26. The van der Waals surface area contributed by atoms with Crippen molar-refractivity contribution in [2.45, 2.75) is 12.5 Å². The third-order valence-corrected chi connectivity index (χ3v) is 3.47. The average molecular weight is 333 g/mol. The molecule has 1 atom stereocenters. The normalized spacial score (nSPS) is 14.8. The van der Waals surface area contributed by atoms with Crippen molar-refractivity contribution in [3.05, 3.63) is 36.1 Å². The molecule has 9 heteroatoms. The van der Waals surface area contributed by atoms with Gasteiger partial charge in [0.25, 0.3) is 0 Å². The molecule has 3 N–H and O–H groups in total. The Kier molecular flexibility index (Phi) is 4.09. The van der Waals surface area contributed by atoms with Crippen LogP contribution < -0.4 is 20.1 Å². The summed E-state index contributed by atoms with van der Waals surface area (Å²) in [5.74, 6) is -0.587. The molecule has 1 unspecified atom stereocenters. The summed E-state index contributed by atoms with van der Waals surface area (Å²) in [6, 6.07) is 6.36. The number of nitrogens with zero attached hydrogens (tertiary/aromatic N) is 1. The van der Waals surface area contributed by atoms with Crippen LogP contribution in [0.4, 0.5) is 5.82 Å². The highest BCUT2D eigenvalue weighted by molar-refractivity contribution is 6.39. The number of fused-ring (bicyclic) bond motifs is 1. The topological polar surface area (TPSA) is 123 Å². The van der Waals surface area contributed by atoms with Gasteiger partial charge in [-0.15, -0.1) is 0 Å². The van der Waals surface area contributed by atoms with Crippen molar-refractivity contribution < 1.29 is 28.7 Å². The van der Waals surface area contributed by atoms with E-state index in [1.165, 1.54) is 19.3 Å². The van der Waals surface area contributed by atoms with E-state index < -0.39 is 17.4 Å². The van der Waals surface area contributed by atoms with Crippen molar-refractivity contribution >= 4 is 17.6 Å². The van der Waals surface area contributed by atoms with E-state index in [0.717, 1.165) is 0 Å². The van der Waals surface area contributed by atoms with E-state index in [1.807, 2.05) is 0 Å². The molecule has 126 valence electrons. The van der Waals surface area contributed by atoms with Gasteiger partial charge < -0.3 is 24.4 Å². The van der Waals surface area contributed by atoms with Crippen molar-refractivity contribution in [1.29, 1.82) is 0 Å². The zero-order valence-electron chi connectivity index (χ0n) is 12.7. The van der Waals surface area contributed by atoms with Gasteiger partial charge in [-0.2, -0.15) is 0 Å². The maximum absolute atomic E-state index is 11.8. The number of nitrogens with one attached hydrogen (secondary N) is 2. The first-order chi connectivity index (χ1) is 11.5. The Bertz CT molecular complexity index is 757. The summed E-state index contributed by atoms with van der Waals surface area (Å²) >= 11 is 0. The van der Waals surface area contributed by atoms with Gasteiger partial charge in [-0.05, 0) is 24.6 Å². The molecule has 1 aromatic heterocycles. The Morgan fingerprint density at radius 1 is 1.25 bits per heavy atom. The van der Waals surface area contributed by atoms with Gasteiger partial charge in [-0.3, -0.25) is 14.9 Å². The lowest BCUT2D eigenvalue weighted by Gasteiger charge is -2.24. The van der Waals surface area contributed by atoms with Gasteiger partial charge in [0.15, 0.2) is 17.3 Å². The zero-order valence-corrected chi connectivity index (χ0v) is 12.7. The SMILES string of the molecule is CC(O)(CNC(=O)C(=O)Nc1ccon1)c1ccc2c(c1)OCO2. The molecule has 2 aromatic rings. The zero-order chi connectivity index (χ0) is 17.2. The minimum absolute atomic E-state index is 0.123. The van der Waals surface area contributed by atoms with Crippen LogP contribution in [-0.4, -0.2) is 35.4 Å². The summed E-state index contributed by atoms with van der Waals surface area (Å²) in [6.45, 7) is 1.47. The number of aromatic nitrogens is 1. The molecular weight excluding hydrogens is 318 g/mol. The summed E-state index contributed by atoms with van der Waals surface area (Å²) in [5, 5.41) is 18.6. The number of benzene rings is 1. The Morgan fingerprint density at radius 3 is 2.79 bits per heavy atom. The molecule has 24 heavy (non-hydrogen) atoms. The van der Waals surface area contributed by atoms with E-state index in [-0.39, 0.29) is 19.2 Å². The number of amides is 2. The Balaban J connectivity index is 1.60. The molecule has 0 saturated carbocycles. The van der Waals surface area contributed by atoms with Crippen LogP contribution in [0.2, 0.25) is 0 Å². The number of rotatable bonds is 4. The van der Waals surface area contributed by atoms with E-state index in [1.54, 1.807) is 18.2 Å². The van der Waals surface area contributed by atoms with Crippen LogP contribution in [0.5, 0.6) is 11.5 Å². The molecule has 3 rings (SSSR count). The fraction of sp³-hybridized carbons (Fsp3) is 0.267. The Hall–Kier alpha value is -3.07. The maximum Gasteiger partial charge on any atom is 0.314 e. The second-order valence-corrected chi connectivity index (χ2v) is 5.36. The van der Waals surface area contributed by atoms with Crippen LogP contribution in [0, 0.1) is 0 Å². The number of anilines is 1. The summed E-state index contributed by atoms with van der Waals surface area (Å²) in [4.78, 5) is 23.5. The Morgan fingerprint density at radius 2 is 2.04 bits per heavy atom. The van der Waals surface area contributed by atoms with Crippen LogP contribution >= 0.6 is 0 Å². The van der Waals surface area contributed by atoms with Crippen molar-refractivity contribution in [2.24, 2.45) is 0 Å². The average Bonchev–Trinajstić information content (AvgIpc) is 3.22. The van der Waals surface area contributed by atoms with Crippen molar-refractivity contribution in [3.63, 3.8) is 0 Å². The van der Waals surface area contributed by atoms with Gasteiger partial charge >= 0.3 is 11.8 Å². The summed E-state index contributed by atoms with van der Waals surface area (Å²) in [5.41, 5.74) is -0.880. The van der Waals surface area contributed by atoms with Crippen LogP contribution in [-0.2, 0) is 15.2 Å². The first-order valence-electron chi connectivity index (χ1n) is 7.08.